The molecule has 0 spiro atoms. The van der Waals surface area contributed by atoms with Crippen LogP contribution in [0.4, 0.5) is 0 Å². The lowest BCUT2D eigenvalue weighted by molar-refractivity contribution is 0.196. The summed E-state index contributed by atoms with van der Waals surface area (Å²) < 4.78 is 32.6. The van der Waals surface area contributed by atoms with Crippen molar-refractivity contribution in [1.29, 1.82) is 0 Å². The summed E-state index contributed by atoms with van der Waals surface area (Å²) in [5.74, 6) is 1.02. The predicted octanol–water partition coefficient (Wildman–Crippen LogP) is 0.681. The molecule has 0 bridgehead atoms. The van der Waals surface area contributed by atoms with Gasteiger partial charge >= 0.3 is 0 Å². The number of hydrogen-bond acceptors (Lipinski definition) is 5. The van der Waals surface area contributed by atoms with Crippen molar-refractivity contribution in [3.05, 3.63) is 17.1 Å². The molecule has 0 atom stereocenters. The van der Waals surface area contributed by atoms with Crippen LogP contribution in [-0.4, -0.2) is 50.3 Å². The number of aryl methyl sites for hydroxylation is 2. The summed E-state index contributed by atoms with van der Waals surface area (Å²) in [7, 11) is -3.51. The van der Waals surface area contributed by atoms with E-state index in [4.69, 9.17) is 10.2 Å². The highest BCUT2D eigenvalue weighted by molar-refractivity contribution is 7.89. The lowest BCUT2D eigenvalue weighted by atomic mass is 10.2. The SMILES string of the molecule is CCN1CCN(S(=O)(=O)c2c(C)oc(C)c2CN)CC1. The molecule has 7 heteroatoms. The van der Waals surface area contributed by atoms with E-state index in [1.54, 1.807) is 13.8 Å². The largest absolute Gasteiger partial charge is 0.465 e. The summed E-state index contributed by atoms with van der Waals surface area (Å²) in [6.07, 6.45) is 0. The van der Waals surface area contributed by atoms with Gasteiger partial charge in [-0.15, -0.1) is 0 Å². The second-order valence-electron chi connectivity index (χ2n) is 5.06. The van der Waals surface area contributed by atoms with Crippen molar-refractivity contribution in [1.82, 2.24) is 9.21 Å². The minimum Gasteiger partial charge on any atom is -0.465 e. The summed E-state index contributed by atoms with van der Waals surface area (Å²) in [6.45, 7) is 9.21. The molecule has 0 unspecified atom stereocenters. The van der Waals surface area contributed by atoms with Gasteiger partial charge in [0.2, 0.25) is 10.0 Å². The second-order valence-corrected chi connectivity index (χ2v) is 6.94. The first-order valence-corrected chi connectivity index (χ1v) is 8.37. The molecule has 0 aromatic carbocycles. The van der Waals surface area contributed by atoms with Crippen molar-refractivity contribution in [2.75, 3.05) is 32.7 Å². The van der Waals surface area contributed by atoms with Crippen LogP contribution in [0.1, 0.15) is 24.0 Å². The van der Waals surface area contributed by atoms with E-state index in [0.29, 0.717) is 30.2 Å². The predicted molar refractivity (Wildman–Crippen MR) is 76.9 cm³/mol. The monoisotopic (exact) mass is 301 g/mol. The number of nitrogens with two attached hydrogens (primary N) is 1. The molecular weight excluding hydrogens is 278 g/mol. The van der Waals surface area contributed by atoms with Crippen LogP contribution in [0.5, 0.6) is 0 Å². The third-order valence-corrected chi connectivity index (χ3v) is 6.00. The molecule has 1 fully saturated rings. The number of likely N-dealkylation sites (N-methyl/N-ethyl adjacent to an activating group) is 1. The Morgan fingerprint density at radius 2 is 1.75 bits per heavy atom. The minimum atomic E-state index is -3.51. The molecule has 6 nitrogen and oxygen atoms in total. The third-order valence-electron chi connectivity index (χ3n) is 3.91. The van der Waals surface area contributed by atoms with E-state index >= 15 is 0 Å². The molecule has 0 amide bonds. The molecule has 2 N–H and O–H groups in total. The van der Waals surface area contributed by atoms with E-state index < -0.39 is 10.0 Å². The van der Waals surface area contributed by atoms with Crippen LogP contribution in [0.2, 0.25) is 0 Å². The number of rotatable bonds is 4. The van der Waals surface area contributed by atoms with E-state index in [0.717, 1.165) is 19.6 Å². The van der Waals surface area contributed by atoms with Crippen molar-refractivity contribution in [3.63, 3.8) is 0 Å². The maximum atomic E-state index is 12.8. The van der Waals surface area contributed by atoms with Crippen LogP contribution < -0.4 is 5.73 Å². The summed E-state index contributed by atoms with van der Waals surface area (Å²) in [4.78, 5) is 2.51. The van der Waals surface area contributed by atoms with Crippen molar-refractivity contribution in [2.24, 2.45) is 5.73 Å². The molecule has 20 heavy (non-hydrogen) atoms. The molecule has 1 aliphatic heterocycles. The van der Waals surface area contributed by atoms with Crippen molar-refractivity contribution < 1.29 is 12.8 Å². The second kappa shape index (κ2) is 5.85. The van der Waals surface area contributed by atoms with Crippen molar-refractivity contribution in [3.8, 4) is 0 Å². The number of nitrogens with zero attached hydrogens (tertiary/aromatic N) is 2. The first-order valence-electron chi connectivity index (χ1n) is 6.93. The quantitative estimate of drug-likeness (QED) is 0.884. The molecule has 0 aliphatic carbocycles. The number of hydrogen-bond donors (Lipinski definition) is 1. The fraction of sp³-hybridized carbons (Fsp3) is 0.692. The summed E-state index contributed by atoms with van der Waals surface area (Å²) in [6, 6.07) is 0. The highest BCUT2D eigenvalue weighted by Gasteiger charge is 2.33. The average molecular weight is 301 g/mol. The minimum absolute atomic E-state index is 0.173. The maximum Gasteiger partial charge on any atom is 0.246 e. The van der Waals surface area contributed by atoms with Crippen molar-refractivity contribution in [2.45, 2.75) is 32.2 Å². The first-order chi connectivity index (χ1) is 9.41. The highest BCUT2D eigenvalue weighted by atomic mass is 32.2. The van der Waals surface area contributed by atoms with Gasteiger partial charge in [-0.3, -0.25) is 0 Å². The van der Waals surface area contributed by atoms with Crippen LogP contribution >= 0.6 is 0 Å². The fourth-order valence-electron chi connectivity index (χ4n) is 2.70. The summed E-state index contributed by atoms with van der Waals surface area (Å²) in [5.41, 5.74) is 6.28. The molecule has 2 rings (SSSR count). The van der Waals surface area contributed by atoms with Crippen molar-refractivity contribution >= 4 is 10.0 Å². The Morgan fingerprint density at radius 3 is 2.25 bits per heavy atom. The smallest absolute Gasteiger partial charge is 0.246 e. The number of furan rings is 1. The zero-order chi connectivity index (χ0) is 14.9. The van der Waals surface area contributed by atoms with Gasteiger partial charge in [0, 0.05) is 38.3 Å². The molecule has 2 heterocycles. The van der Waals surface area contributed by atoms with Gasteiger partial charge in [0.25, 0.3) is 0 Å². The molecule has 114 valence electrons. The van der Waals surface area contributed by atoms with Gasteiger partial charge in [-0.05, 0) is 20.4 Å². The van der Waals surface area contributed by atoms with Crippen LogP contribution in [0.3, 0.4) is 0 Å². The number of sulfonamides is 1. The van der Waals surface area contributed by atoms with E-state index in [1.807, 2.05) is 0 Å². The molecule has 1 saturated heterocycles. The van der Waals surface area contributed by atoms with Gasteiger partial charge < -0.3 is 15.1 Å². The topological polar surface area (TPSA) is 79.8 Å². The van der Waals surface area contributed by atoms with Gasteiger partial charge in [0.05, 0.1) is 0 Å². The lowest BCUT2D eigenvalue weighted by Crippen LogP contribution is -2.48. The molecule has 1 aliphatic rings. The average Bonchev–Trinajstić information content (AvgIpc) is 2.73. The maximum absolute atomic E-state index is 12.8. The van der Waals surface area contributed by atoms with Gasteiger partial charge in [-0.1, -0.05) is 6.92 Å². The molecule has 1 aromatic heterocycles. The van der Waals surface area contributed by atoms with E-state index in [9.17, 15) is 8.42 Å². The lowest BCUT2D eigenvalue weighted by Gasteiger charge is -2.33. The molecule has 1 aromatic rings. The zero-order valence-corrected chi connectivity index (χ0v) is 13.2. The Labute approximate surface area is 120 Å². The van der Waals surface area contributed by atoms with E-state index in [2.05, 4.69) is 11.8 Å². The normalized spacial score (nSPS) is 18.6. The number of piperazine rings is 1. The standard InChI is InChI=1S/C13H23N3O3S/c1-4-15-5-7-16(8-6-15)20(17,18)13-11(3)19-10(2)12(13)9-14/h4-9,14H2,1-3H3. The Balaban J connectivity index is 2.32. The summed E-state index contributed by atoms with van der Waals surface area (Å²) >= 11 is 0. The Morgan fingerprint density at radius 1 is 1.15 bits per heavy atom. The van der Waals surface area contributed by atoms with Gasteiger partial charge in [0.15, 0.2) is 0 Å². The van der Waals surface area contributed by atoms with E-state index in [-0.39, 0.29) is 11.4 Å². The van der Waals surface area contributed by atoms with Crippen LogP contribution in [0, 0.1) is 13.8 Å². The van der Waals surface area contributed by atoms with Crippen LogP contribution in [0.15, 0.2) is 9.31 Å². The zero-order valence-electron chi connectivity index (χ0n) is 12.3. The Kier molecular flexibility index (Phi) is 4.53. The van der Waals surface area contributed by atoms with E-state index in [1.165, 1.54) is 4.31 Å². The Bertz CT molecular complexity index is 572. The fourth-order valence-corrected chi connectivity index (χ4v) is 4.54. The van der Waals surface area contributed by atoms with Gasteiger partial charge in [0.1, 0.15) is 16.4 Å². The van der Waals surface area contributed by atoms with Gasteiger partial charge in [-0.2, -0.15) is 4.31 Å². The van der Waals surface area contributed by atoms with Gasteiger partial charge in [-0.25, -0.2) is 8.42 Å². The highest BCUT2D eigenvalue weighted by Crippen LogP contribution is 2.29. The third kappa shape index (κ3) is 2.63. The van der Waals surface area contributed by atoms with Crippen LogP contribution in [0.25, 0.3) is 0 Å². The first kappa shape index (κ1) is 15.5. The molecule has 0 radical (unpaired) electrons. The Hall–Kier alpha value is -0.890. The molecule has 0 saturated carbocycles. The summed E-state index contributed by atoms with van der Waals surface area (Å²) in [5, 5.41) is 0. The molecular formula is C13H23N3O3S. The van der Waals surface area contributed by atoms with Crippen LogP contribution in [-0.2, 0) is 16.6 Å².